The Morgan fingerprint density at radius 2 is 1.85 bits per heavy atom. The second-order valence-electron chi connectivity index (χ2n) is 6.12. The zero-order chi connectivity index (χ0) is 18.5. The van der Waals surface area contributed by atoms with Gasteiger partial charge in [-0.25, -0.2) is 4.79 Å². The van der Waals surface area contributed by atoms with Gasteiger partial charge in [-0.1, -0.05) is 26.0 Å². The first-order valence-electron chi connectivity index (χ1n) is 8.53. The lowest BCUT2D eigenvalue weighted by molar-refractivity contribution is -0.119. The number of carbonyl (C=O) groups is 2. The minimum Gasteiger partial charge on any atom is -0.454 e. The first-order valence-corrected chi connectivity index (χ1v) is 8.53. The predicted molar refractivity (Wildman–Crippen MR) is 96.6 cm³/mol. The summed E-state index contributed by atoms with van der Waals surface area (Å²) >= 11 is 0. The van der Waals surface area contributed by atoms with E-state index in [0.29, 0.717) is 28.7 Å². The highest BCUT2D eigenvalue weighted by molar-refractivity contribution is 5.95. The number of hydrogen-bond donors (Lipinski definition) is 1. The van der Waals surface area contributed by atoms with Gasteiger partial charge in [0.2, 0.25) is 6.79 Å². The van der Waals surface area contributed by atoms with Crippen LogP contribution in [0.4, 0.5) is 5.69 Å². The zero-order valence-corrected chi connectivity index (χ0v) is 14.8. The molecule has 3 rings (SSSR count). The smallest absolute Gasteiger partial charge is 0.338 e. The summed E-state index contributed by atoms with van der Waals surface area (Å²) in [5.74, 6) is 0.564. The van der Waals surface area contributed by atoms with Gasteiger partial charge in [-0.2, -0.15) is 0 Å². The van der Waals surface area contributed by atoms with Gasteiger partial charge in [0, 0.05) is 5.69 Å². The average molecular weight is 355 g/mol. The molecule has 0 spiro atoms. The Kier molecular flexibility index (Phi) is 5.41. The number of amides is 1. The van der Waals surface area contributed by atoms with Crippen LogP contribution in [0.1, 0.15) is 42.1 Å². The van der Waals surface area contributed by atoms with Crippen LogP contribution in [0.3, 0.4) is 0 Å². The second kappa shape index (κ2) is 7.91. The molecule has 1 amide bonds. The van der Waals surface area contributed by atoms with Crippen LogP contribution in [0.2, 0.25) is 0 Å². The van der Waals surface area contributed by atoms with Crippen molar-refractivity contribution < 1.29 is 23.8 Å². The normalized spacial score (nSPS) is 13.2. The molecule has 0 saturated heterocycles. The maximum Gasteiger partial charge on any atom is 0.338 e. The largest absolute Gasteiger partial charge is 0.454 e. The fourth-order valence-electron chi connectivity index (χ4n) is 2.57. The first-order chi connectivity index (χ1) is 12.6. The van der Waals surface area contributed by atoms with Crippen molar-refractivity contribution in [2.75, 3.05) is 18.7 Å². The van der Waals surface area contributed by atoms with Crippen molar-refractivity contribution in [2.45, 2.75) is 26.2 Å². The summed E-state index contributed by atoms with van der Waals surface area (Å²) in [7, 11) is 0. The topological polar surface area (TPSA) is 73.9 Å². The number of anilines is 1. The van der Waals surface area contributed by atoms with Crippen molar-refractivity contribution in [3.05, 3.63) is 53.6 Å². The number of ether oxygens (including phenoxy) is 3. The molecule has 0 saturated carbocycles. The Balaban J connectivity index is 1.51. The van der Waals surface area contributed by atoms with Crippen LogP contribution in [-0.4, -0.2) is 25.3 Å². The second-order valence-corrected chi connectivity index (χ2v) is 6.12. The molecule has 1 atom stereocenters. The number of rotatable bonds is 6. The van der Waals surface area contributed by atoms with Gasteiger partial charge in [0.15, 0.2) is 18.1 Å². The molecule has 1 heterocycles. The van der Waals surface area contributed by atoms with Crippen LogP contribution < -0.4 is 14.8 Å². The lowest BCUT2D eigenvalue weighted by Crippen LogP contribution is -2.20. The highest BCUT2D eigenvalue weighted by atomic mass is 16.7. The lowest BCUT2D eigenvalue weighted by Gasteiger charge is -2.11. The SMILES string of the molecule is CC[C@@H](C)c1ccc(NC(=O)COC(=O)c2ccc3c(c2)OCO3)cc1. The molecule has 2 aromatic rings. The summed E-state index contributed by atoms with van der Waals surface area (Å²) in [4.78, 5) is 24.0. The molecular weight excluding hydrogens is 334 g/mol. The molecule has 0 aliphatic carbocycles. The van der Waals surface area contributed by atoms with E-state index in [-0.39, 0.29) is 13.4 Å². The molecule has 0 fully saturated rings. The van der Waals surface area contributed by atoms with E-state index in [1.807, 2.05) is 24.3 Å². The summed E-state index contributed by atoms with van der Waals surface area (Å²) in [6.45, 7) is 4.06. The Morgan fingerprint density at radius 3 is 2.58 bits per heavy atom. The Hall–Kier alpha value is -3.02. The van der Waals surface area contributed by atoms with E-state index < -0.39 is 11.9 Å². The van der Waals surface area contributed by atoms with E-state index in [0.717, 1.165) is 6.42 Å². The third-order valence-electron chi connectivity index (χ3n) is 4.32. The van der Waals surface area contributed by atoms with Gasteiger partial charge in [0.05, 0.1) is 5.56 Å². The van der Waals surface area contributed by atoms with Crippen LogP contribution in [0.25, 0.3) is 0 Å². The summed E-state index contributed by atoms with van der Waals surface area (Å²) in [6, 6.07) is 12.4. The average Bonchev–Trinajstić information content (AvgIpc) is 3.13. The number of esters is 1. The number of carbonyl (C=O) groups excluding carboxylic acids is 2. The van der Waals surface area contributed by atoms with Crippen LogP contribution in [0, 0.1) is 0 Å². The molecule has 6 nitrogen and oxygen atoms in total. The van der Waals surface area contributed by atoms with Crippen LogP contribution >= 0.6 is 0 Å². The van der Waals surface area contributed by atoms with Gasteiger partial charge in [-0.05, 0) is 48.2 Å². The number of hydrogen-bond acceptors (Lipinski definition) is 5. The summed E-state index contributed by atoms with van der Waals surface area (Å²) < 4.78 is 15.5. The van der Waals surface area contributed by atoms with Crippen LogP contribution in [-0.2, 0) is 9.53 Å². The molecule has 6 heteroatoms. The minimum atomic E-state index is -0.592. The van der Waals surface area contributed by atoms with Gasteiger partial charge < -0.3 is 19.5 Å². The van der Waals surface area contributed by atoms with E-state index in [2.05, 4.69) is 19.2 Å². The third kappa shape index (κ3) is 4.14. The summed E-state index contributed by atoms with van der Waals surface area (Å²) in [5, 5.41) is 2.71. The molecule has 1 aliphatic heterocycles. The molecule has 0 unspecified atom stereocenters. The molecule has 2 aromatic carbocycles. The molecule has 26 heavy (non-hydrogen) atoms. The summed E-state index contributed by atoms with van der Waals surface area (Å²) in [6.07, 6.45) is 1.06. The van der Waals surface area contributed by atoms with Crippen molar-refractivity contribution in [2.24, 2.45) is 0 Å². The standard InChI is InChI=1S/C20H21NO5/c1-3-13(2)14-4-7-16(8-5-14)21-19(22)11-24-20(23)15-6-9-17-18(10-15)26-12-25-17/h4-10,13H,3,11-12H2,1-2H3,(H,21,22)/t13-/m1/s1. The molecule has 0 aromatic heterocycles. The zero-order valence-electron chi connectivity index (χ0n) is 14.8. The molecule has 1 N–H and O–H groups in total. The fourth-order valence-corrected chi connectivity index (χ4v) is 2.57. The molecule has 136 valence electrons. The predicted octanol–water partition coefficient (Wildman–Crippen LogP) is 3.72. The summed E-state index contributed by atoms with van der Waals surface area (Å²) in [5.41, 5.74) is 2.20. The quantitative estimate of drug-likeness (QED) is 0.800. The van der Waals surface area contributed by atoms with Crippen LogP contribution in [0.15, 0.2) is 42.5 Å². The van der Waals surface area contributed by atoms with E-state index in [4.69, 9.17) is 14.2 Å². The first kappa shape index (κ1) is 17.8. The number of benzene rings is 2. The fraction of sp³-hybridized carbons (Fsp3) is 0.300. The van der Waals surface area contributed by atoms with Gasteiger partial charge >= 0.3 is 5.97 Å². The molecular formula is C20H21NO5. The van der Waals surface area contributed by atoms with Crippen molar-refractivity contribution >= 4 is 17.6 Å². The van der Waals surface area contributed by atoms with Crippen molar-refractivity contribution in [1.82, 2.24) is 0 Å². The number of fused-ring (bicyclic) bond motifs is 1. The van der Waals surface area contributed by atoms with Gasteiger partial charge in [-0.3, -0.25) is 4.79 Å². The van der Waals surface area contributed by atoms with E-state index in [1.54, 1.807) is 12.1 Å². The Labute approximate surface area is 152 Å². The maximum atomic E-state index is 12.1. The van der Waals surface area contributed by atoms with E-state index >= 15 is 0 Å². The highest BCUT2D eigenvalue weighted by Gasteiger charge is 2.17. The lowest BCUT2D eigenvalue weighted by atomic mass is 9.99. The van der Waals surface area contributed by atoms with Gasteiger partial charge in [0.1, 0.15) is 0 Å². The van der Waals surface area contributed by atoms with Gasteiger partial charge in [0.25, 0.3) is 5.91 Å². The van der Waals surface area contributed by atoms with Crippen molar-refractivity contribution in [3.63, 3.8) is 0 Å². The highest BCUT2D eigenvalue weighted by Crippen LogP contribution is 2.32. The monoisotopic (exact) mass is 355 g/mol. The van der Waals surface area contributed by atoms with Crippen molar-refractivity contribution in [1.29, 1.82) is 0 Å². The molecule has 0 bridgehead atoms. The van der Waals surface area contributed by atoms with Crippen molar-refractivity contribution in [3.8, 4) is 11.5 Å². The minimum absolute atomic E-state index is 0.131. The maximum absolute atomic E-state index is 12.1. The molecule has 0 radical (unpaired) electrons. The van der Waals surface area contributed by atoms with Crippen LogP contribution in [0.5, 0.6) is 11.5 Å². The van der Waals surface area contributed by atoms with Gasteiger partial charge in [-0.15, -0.1) is 0 Å². The third-order valence-corrected chi connectivity index (χ3v) is 4.32. The van der Waals surface area contributed by atoms with E-state index in [1.165, 1.54) is 11.6 Å². The Morgan fingerprint density at radius 1 is 1.12 bits per heavy atom. The Bertz CT molecular complexity index is 800. The van der Waals surface area contributed by atoms with E-state index in [9.17, 15) is 9.59 Å². The molecule has 1 aliphatic rings. The number of nitrogens with one attached hydrogen (secondary N) is 1.